The van der Waals surface area contributed by atoms with E-state index in [1.54, 1.807) is 12.1 Å². The zero-order valence-electron chi connectivity index (χ0n) is 18.5. The van der Waals surface area contributed by atoms with Gasteiger partial charge in [-0.05, 0) is 39.2 Å². The summed E-state index contributed by atoms with van der Waals surface area (Å²) in [6.45, 7) is 0.265. The molecule has 2 N–H and O–H groups in total. The van der Waals surface area contributed by atoms with Gasteiger partial charge >= 0.3 is 5.97 Å². The maximum atomic E-state index is 12.5. The second-order valence-corrected chi connectivity index (χ2v) is 7.95. The molecule has 168 valence electrons. The van der Waals surface area contributed by atoms with Crippen molar-refractivity contribution >= 4 is 27.5 Å². The maximum absolute atomic E-state index is 12.5. The molecule has 0 saturated carbocycles. The summed E-state index contributed by atoms with van der Waals surface area (Å²) in [6, 6.07) is 28.0. The molecule has 34 heavy (non-hydrogen) atoms. The van der Waals surface area contributed by atoms with Crippen LogP contribution in [0, 0.1) is 0 Å². The minimum Gasteiger partial charge on any atom is -0.506 e. The first-order valence-electron chi connectivity index (χ1n) is 10.8. The molecule has 0 fully saturated rings. The van der Waals surface area contributed by atoms with Gasteiger partial charge in [0.25, 0.3) is 0 Å². The lowest BCUT2D eigenvalue weighted by Gasteiger charge is -2.18. The topological polar surface area (TPSA) is 76.0 Å². The highest BCUT2D eigenvalue weighted by atomic mass is 16.5. The average Bonchev–Trinajstić information content (AvgIpc) is 2.88. The number of aromatic hydroxyl groups is 2. The smallest absolute Gasteiger partial charge is 0.341 e. The summed E-state index contributed by atoms with van der Waals surface area (Å²) in [5.74, 6) is -0.752. The fourth-order valence-electron chi connectivity index (χ4n) is 4.26. The maximum Gasteiger partial charge on any atom is 0.341 e. The second-order valence-electron chi connectivity index (χ2n) is 7.95. The summed E-state index contributed by atoms with van der Waals surface area (Å²) >= 11 is 0. The molecule has 5 nitrogen and oxygen atoms in total. The molecule has 0 heterocycles. The first kappa shape index (κ1) is 21.3. The van der Waals surface area contributed by atoms with E-state index in [1.807, 2.05) is 78.9 Å². The number of esters is 1. The van der Waals surface area contributed by atoms with E-state index in [2.05, 4.69) is 0 Å². The van der Waals surface area contributed by atoms with Gasteiger partial charge in [0.15, 0.2) is 11.5 Å². The number of rotatable bonds is 5. The molecule has 0 amide bonds. The van der Waals surface area contributed by atoms with Crippen molar-refractivity contribution < 1.29 is 24.5 Å². The van der Waals surface area contributed by atoms with Gasteiger partial charge in [-0.3, -0.25) is 0 Å². The summed E-state index contributed by atoms with van der Waals surface area (Å²) < 4.78 is 10.9. The van der Waals surface area contributed by atoms with Gasteiger partial charge in [0, 0.05) is 11.1 Å². The van der Waals surface area contributed by atoms with Crippen molar-refractivity contribution in [3.63, 3.8) is 0 Å². The number of hydrogen-bond donors (Lipinski definition) is 2. The summed E-state index contributed by atoms with van der Waals surface area (Å²) in [6.07, 6.45) is 0. The molecule has 0 aliphatic carbocycles. The number of ether oxygens (including phenoxy) is 2. The Labute approximate surface area is 196 Å². The molecule has 5 heteroatoms. The molecular weight excluding hydrogens is 428 g/mol. The predicted molar refractivity (Wildman–Crippen MR) is 132 cm³/mol. The number of carbonyl (C=O) groups excluding carboxylic acids is 1. The molecule has 0 atom stereocenters. The van der Waals surface area contributed by atoms with Gasteiger partial charge in [-0.15, -0.1) is 0 Å². The van der Waals surface area contributed by atoms with Crippen LogP contribution in [0.5, 0.6) is 17.2 Å². The molecule has 0 unspecified atom stereocenters. The van der Waals surface area contributed by atoms with Crippen molar-refractivity contribution in [1.29, 1.82) is 0 Å². The zero-order chi connectivity index (χ0) is 23.7. The quantitative estimate of drug-likeness (QED) is 0.302. The highest BCUT2D eigenvalue weighted by Crippen LogP contribution is 2.49. The first-order chi connectivity index (χ1) is 16.6. The summed E-state index contributed by atoms with van der Waals surface area (Å²) in [5, 5.41) is 25.7. The Morgan fingerprint density at radius 3 is 1.94 bits per heavy atom. The van der Waals surface area contributed by atoms with Gasteiger partial charge in [0.1, 0.15) is 17.9 Å². The Hall–Kier alpha value is -4.51. The van der Waals surface area contributed by atoms with E-state index in [4.69, 9.17) is 9.47 Å². The van der Waals surface area contributed by atoms with E-state index < -0.39 is 5.97 Å². The molecular formula is C29H22O5. The van der Waals surface area contributed by atoms with E-state index in [-0.39, 0.29) is 29.4 Å². The van der Waals surface area contributed by atoms with E-state index >= 15 is 0 Å². The third-order valence-electron chi connectivity index (χ3n) is 5.90. The molecule has 5 aromatic carbocycles. The van der Waals surface area contributed by atoms with Gasteiger partial charge in [-0.25, -0.2) is 4.79 Å². The third-order valence-corrected chi connectivity index (χ3v) is 5.90. The summed E-state index contributed by atoms with van der Waals surface area (Å²) in [5.41, 5.74) is 1.71. The number of phenolic OH excluding ortho intramolecular Hbond substituents is 2. The Bertz CT molecular complexity index is 1520. The van der Waals surface area contributed by atoms with Crippen LogP contribution in [0.2, 0.25) is 0 Å². The number of carbonyl (C=O) groups is 1. The highest BCUT2D eigenvalue weighted by Gasteiger charge is 2.25. The molecule has 0 bridgehead atoms. The van der Waals surface area contributed by atoms with Gasteiger partial charge in [-0.1, -0.05) is 78.9 Å². The SMILES string of the molecule is COC(=O)c1cc2ccccc2c(-c2c(O)c(OCc3ccccc3)cc3ccccc23)c1O. The Morgan fingerprint density at radius 1 is 0.735 bits per heavy atom. The molecule has 0 spiro atoms. The number of benzene rings is 5. The predicted octanol–water partition coefficient (Wildman–Crippen LogP) is 6.44. The van der Waals surface area contributed by atoms with Crippen LogP contribution in [-0.2, 0) is 11.3 Å². The van der Waals surface area contributed by atoms with Crippen molar-refractivity contribution in [2.75, 3.05) is 7.11 Å². The van der Waals surface area contributed by atoms with Crippen LogP contribution in [0.4, 0.5) is 0 Å². The lowest BCUT2D eigenvalue weighted by Crippen LogP contribution is -2.03. The summed E-state index contributed by atoms with van der Waals surface area (Å²) in [7, 11) is 1.27. The first-order valence-corrected chi connectivity index (χ1v) is 10.8. The minimum atomic E-state index is -0.662. The molecule has 0 radical (unpaired) electrons. The fraction of sp³-hybridized carbons (Fsp3) is 0.0690. The number of fused-ring (bicyclic) bond motifs is 2. The molecule has 0 aromatic heterocycles. The van der Waals surface area contributed by atoms with E-state index in [0.29, 0.717) is 16.5 Å². The molecule has 0 aliphatic rings. The minimum absolute atomic E-state index is 0.0234. The normalized spacial score (nSPS) is 11.0. The van der Waals surface area contributed by atoms with Gasteiger partial charge in [0.05, 0.1) is 7.11 Å². The zero-order valence-corrected chi connectivity index (χ0v) is 18.5. The number of methoxy groups -OCH3 is 1. The van der Waals surface area contributed by atoms with Gasteiger partial charge in [0.2, 0.25) is 0 Å². The van der Waals surface area contributed by atoms with Crippen molar-refractivity contribution in [2.45, 2.75) is 6.61 Å². The van der Waals surface area contributed by atoms with Crippen LogP contribution in [-0.4, -0.2) is 23.3 Å². The van der Waals surface area contributed by atoms with Crippen LogP contribution >= 0.6 is 0 Å². The number of phenols is 2. The fourth-order valence-corrected chi connectivity index (χ4v) is 4.26. The molecule has 0 aliphatic heterocycles. The summed E-state index contributed by atoms with van der Waals surface area (Å²) in [4.78, 5) is 12.5. The van der Waals surface area contributed by atoms with Gasteiger partial charge < -0.3 is 19.7 Å². The van der Waals surface area contributed by atoms with Crippen LogP contribution in [0.25, 0.3) is 32.7 Å². The third kappa shape index (κ3) is 3.67. The van der Waals surface area contributed by atoms with E-state index in [0.717, 1.165) is 21.7 Å². The average molecular weight is 450 g/mol. The lowest BCUT2D eigenvalue weighted by atomic mass is 9.90. The largest absolute Gasteiger partial charge is 0.506 e. The van der Waals surface area contributed by atoms with E-state index in [1.165, 1.54) is 7.11 Å². The number of hydrogen-bond acceptors (Lipinski definition) is 5. The van der Waals surface area contributed by atoms with Crippen LogP contribution in [0.3, 0.4) is 0 Å². The van der Waals surface area contributed by atoms with Crippen molar-refractivity contribution in [1.82, 2.24) is 0 Å². The van der Waals surface area contributed by atoms with Crippen molar-refractivity contribution in [2.24, 2.45) is 0 Å². The molecule has 0 saturated heterocycles. The standard InChI is InChI=1S/C29H22O5/c1-33-29(32)23-15-19-11-5-7-13-21(19)25(27(23)30)26-22-14-8-6-12-20(22)16-24(28(26)31)34-17-18-9-3-2-4-10-18/h2-16,30-31H,17H2,1H3. The van der Waals surface area contributed by atoms with Crippen LogP contribution < -0.4 is 4.74 Å². The Morgan fingerprint density at radius 2 is 1.29 bits per heavy atom. The second kappa shape index (κ2) is 8.79. The van der Waals surface area contributed by atoms with Crippen LogP contribution in [0.1, 0.15) is 15.9 Å². The molecule has 5 rings (SSSR count). The van der Waals surface area contributed by atoms with Gasteiger partial charge in [-0.2, -0.15) is 0 Å². The Balaban J connectivity index is 1.79. The molecule has 5 aromatic rings. The van der Waals surface area contributed by atoms with Crippen LogP contribution in [0.15, 0.2) is 91.0 Å². The lowest BCUT2D eigenvalue weighted by molar-refractivity contribution is 0.0597. The monoisotopic (exact) mass is 450 g/mol. The van der Waals surface area contributed by atoms with E-state index in [9.17, 15) is 15.0 Å². The Kier molecular flexibility index (Phi) is 5.52. The van der Waals surface area contributed by atoms with Crippen molar-refractivity contribution in [3.05, 3.63) is 102 Å². The highest BCUT2D eigenvalue weighted by molar-refractivity contribution is 6.13. The van der Waals surface area contributed by atoms with Crippen molar-refractivity contribution in [3.8, 4) is 28.4 Å².